The number of carbonyl (C=O) groups excluding carboxylic acids is 2. The first kappa shape index (κ1) is 21.4. The molecule has 0 radical (unpaired) electrons. The van der Waals surface area contributed by atoms with Crippen LogP contribution >= 0.6 is 11.3 Å². The Labute approximate surface area is 172 Å². The summed E-state index contributed by atoms with van der Waals surface area (Å²) in [7, 11) is -3.53. The Bertz CT molecular complexity index is 984. The first-order valence-corrected chi connectivity index (χ1v) is 11.4. The van der Waals surface area contributed by atoms with Crippen molar-refractivity contribution >= 4 is 38.9 Å². The van der Waals surface area contributed by atoms with Gasteiger partial charge in [-0.15, -0.1) is 11.3 Å². The first-order chi connectivity index (χ1) is 13.8. The van der Waals surface area contributed by atoms with E-state index in [-0.39, 0.29) is 23.0 Å². The van der Waals surface area contributed by atoms with Crippen LogP contribution in [-0.2, 0) is 24.3 Å². The fourth-order valence-electron chi connectivity index (χ4n) is 2.99. The van der Waals surface area contributed by atoms with E-state index in [0.29, 0.717) is 18.4 Å². The molecule has 2 aromatic rings. The van der Waals surface area contributed by atoms with Gasteiger partial charge in [0.25, 0.3) is 15.9 Å². The fourth-order valence-corrected chi connectivity index (χ4v) is 5.61. The lowest BCUT2D eigenvalue weighted by molar-refractivity contribution is -0.152. The molecule has 1 N–H and O–H groups in total. The normalized spacial score (nSPS) is 15.8. The van der Waals surface area contributed by atoms with Crippen LogP contribution < -0.4 is 5.32 Å². The summed E-state index contributed by atoms with van der Waals surface area (Å²) in [6, 6.07) is 7.52. The summed E-state index contributed by atoms with van der Waals surface area (Å²) in [5, 5.41) is 4.17. The topological polar surface area (TPSA) is 92.8 Å². The number of esters is 1. The van der Waals surface area contributed by atoms with Crippen LogP contribution in [0.25, 0.3) is 0 Å². The summed E-state index contributed by atoms with van der Waals surface area (Å²) < 4.78 is 45.2. The van der Waals surface area contributed by atoms with E-state index < -0.39 is 40.2 Å². The van der Waals surface area contributed by atoms with Crippen molar-refractivity contribution in [3.63, 3.8) is 0 Å². The lowest BCUT2D eigenvalue weighted by Crippen LogP contribution is -2.40. The van der Waals surface area contributed by atoms with Gasteiger partial charge in [0.15, 0.2) is 6.61 Å². The van der Waals surface area contributed by atoms with E-state index in [4.69, 9.17) is 4.74 Å². The van der Waals surface area contributed by atoms with Crippen molar-refractivity contribution in [3.05, 3.63) is 47.1 Å². The monoisotopic (exact) mass is 440 g/mol. The Morgan fingerprint density at radius 2 is 2.00 bits per heavy atom. The molecule has 0 unspecified atom stereocenters. The second-order valence-corrected chi connectivity index (χ2v) is 9.84. The molecule has 1 aliphatic heterocycles. The number of aryl methyl sites for hydroxylation is 1. The number of thiophene rings is 1. The summed E-state index contributed by atoms with van der Waals surface area (Å²) in [5.74, 6) is -2.01. The van der Waals surface area contributed by atoms with E-state index in [9.17, 15) is 22.4 Å². The minimum absolute atomic E-state index is 0.217. The van der Waals surface area contributed by atoms with Crippen molar-refractivity contribution in [3.8, 4) is 0 Å². The average molecular weight is 441 g/mol. The minimum Gasteiger partial charge on any atom is -0.455 e. The SMILES string of the molecule is Cc1ccc(NC(=O)COC(=O)C2CCN(S(=O)(=O)c3cccs3)CC2)cc1F. The van der Waals surface area contributed by atoms with Gasteiger partial charge < -0.3 is 10.1 Å². The van der Waals surface area contributed by atoms with Gasteiger partial charge in [0.2, 0.25) is 0 Å². The van der Waals surface area contributed by atoms with Crippen LogP contribution in [0.4, 0.5) is 10.1 Å². The van der Waals surface area contributed by atoms with E-state index >= 15 is 0 Å². The quantitative estimate of drug-likeness (QED) is 0.698. The molecule has 0 saturated carbocycles. The third kappa shape index (κ3) is 5.20. The summed E-state index contributed by atoms with van der Waals surface area (Å²) in [6.07, 6.45) is 0.655. The zero-order chi connectivity index (χ0) is 21.0. The van der Waals surface area contributed by atoms with Gasteiger partial charge in [0, 0.05) is 18.8 Å². The number of nitrogens with one attached hydrogen (secondary N) is 1. The molecule has 7 nitrogen and oxygen atoms in total. The zero-order valence-corrected chi connectivity index (χ0v) is 17.4. The van der Waals surface area contributed by atoms with E-state index in [0.717, 1.165) is 11.3 Å². The number of amides is 1. The first-order valence-electron chi connectivity index (χ1n) is 9.03. The highest BCUT2D eigenvalue weighted by Gasteiger charge is 2.33. The molecular formula is C19H21FN2O5S2. The van der Waals surface area contributed by atoms with Gasteiger partial charge in [0.05, 0.1) is 5.92 Å². The smallest absolute Gasteiger partial charge is 0.309 e. The third-order valence-electron chi connectivity index (χ3n) is 4.68. The lowest BCUT2D eigenvalue weighted by atomic mass is 9.98. The van der Waals surface area contributed by atoms with Gasteiger partial charge in [-0.1, -0.05) is 12.1 Å². The number of hydrogen-bond acceptors (Lipinski definition) is 6. The van der Waals surface area contributed by atoms with E-state index in [1.54, 1.807) is 30.5 Å². The van der Waals surface area contributed by atoms with Crippen LogP contribution in [0.2, 0.25) is 0 Å². The Kier molecular flexibility index (Phi) is 6.66. The van der Waals surface area contributed by atoms with Crippen molar-refractivity contribution in [1.29, 1.82) is 0 Å². The molecule has 1 saturated heterocycles. The summed E-state index contributed by atoms with van der Waals surface area (Å²) in [5.41, 5.74) is 0.739. The molecule has 1 aromatic heterocycles. The molecule has 0 atom stereocenters. The molecule has 0 bridgehead atoms. The molecular weight excluding hydrogens is 419 g/mol. The van der Waals surface area contributed by atoms with Gasteiger partial charge >= 0.3 is 5.97 Å². The third-order valence-corrected chi connectivity index (χ3v) is 7.95. The number of sulfonamides is 1. The van der Waals surface area contributed by atoms with Crippen LogP contribution in [-0.4, -0.2) is 44.3 Å². The number of halogens is 1. The second kappa shape index (κ2) is 9.02. The van der Waals surface area contributed by atoms with E-state index in [1.807, 2.05) is 0 Å². The zero-order valence-electron chi connectivity index (χ0n) is 15.8. The highest BCUT2D eigenvalue weighted by molar-refractivity contribution is 7.91. The van der Waals surface area contributed by atoms with E-state index in [1.165, 1.54) is 16.4 Å². The number of piperidine rings is 1. The summed E-state index contributed by atoms with van der Waals surface area (Å²) in [4.78, 5) is 24.1. The molecule has 10 heteroatoms. The molecule has 1 aliphatic rings. The maximum Gasteiger partial charge on any atom is 0.309 e. The maximum atomic E-state index is 13.5. The number of benzene rings is 1. The molecule has 0 aliphatic carbocycles. The molecule has 29 heavy (non-hydrogen) atoms. The highest BCUT2D eigenvalue weighted by Crippen LogP contribution is 2.26. The molecule has 156 valence electrons. The largest absolute Gasteiger partial charge is 0.455 e. The lowest BCUT2D eigenvalue weighted by Gasteiger charge is -2.29. The van der Waals surface area contributed by atoms with Crippen molar-refractivity contribution in [2.75, 3.05) is 25.0 Å². The fraction of sp³-hybridized carbons (Fsp3) is 0.368. The molecule has 1 fully saturated rings. The Hall–Kier alpha value is -2.30. The highest BCUT2D eigenvalue weighted by atomic mass is 32.2. The summed E-state index contributed by atoms with van der Waals surface area (Å²) >= 11 is 1.16. The van der Waals surface area contributed by atoms with Crippen molar-refractivity contribution in [2.24, 2.45) is 5.92 Å². The van der Waals surface area contributed by atoms with Gasteiger partial charge in [0.1, 0.15) is 10.0 Å². The van der Waals surface area contributed by atoms with Gasteiger partial charge in [-0.3, -0.25) is 9.59 Å². The molecule has 1 aromatic carbocycles. The Morgan fingerprint density at radius 3 is 2.62 bits per heavy atom. The van der Waals surface area contributed by atoms with Crippen LogP contribution in [0, 0.1) is 18.7 Å². The van der Waals surface area contributed by atoms with Crippen molar-refractivity contribution in [1.82, 2.24) is 4.31 Å². The van der Waals surface area contributed by atoms with Crippen LogP contribution in [0.1, 0.15) is 18.4 Å². The Morgan fingerprint density at radius 1 is 1.28 bits per heavy atom. The second-order valence-electron chi connectivity index (χ2n) is 6.73. The van der Waals surface area contributed by atoms with Crippen molar-refractivity contribution in [2.45, 2.75) is 24.0 Å². The van der Waals surface area contributed by atoms with Crippen LogP contribution in [0.5, 0.6) is 0 Å². The molecule has 0 spiro atoms. The number of carbonyl (C=O) groups is 2. The standard InChI is InChI=1S/C19H21FN2O5S2/c1-13-4-5-15(11-16(13)20)21-17(23)12-27-19(24)14-6-8-22(9-7-14)29(25,26)18-3-2-10-28-18/h2-5,10-11,14H,6-9,12H2,1H3,(H,21,23). The number of rotatable bonds is 6. The van der Waals surface area contributed by atoms with Crippen LogP contribution in [0.3, 0.4) is 0 Å². The predicted molar refractivity (Wildman–Crippen MR) is 107 cm³/mol. The van der Waals surface area contributed by atoms with Gasteiger partial charge in [-0.2, -0.15) is 4.31 Å². The molecule has 1 amide bonds. The van der Waals surface area contributed by atoms with Crippen molar-refractivity contribution < 1.29 is 27.1 Å². The van der Waals surface area contributed by atoms with Gasteiger partial charge in [-0.25, -0.2) is 12.8 Å². The molecule has 2 heterocycles. The predicted octanol–water partition coefficient (Wildman–Crippen LogP) is 2.78. The number of ether oxygens (including phenoxy) is 1. The minimum atomic E-state index is -3.53. The average Bonchev–Trinajstić information content (AvgIpc) is 3.25. The number of anilines is 1. The number of nitrogens with zero attached hydrogens (tertiary/aromatic N) is 1. The summed E-state index contributed by atoms with van der Waals surface area (Å²) in [6.45, 7) is 1.56. The van der Waals surface area contributed by atoms with Gasteiger partial charge in [-0.05, 0) is 48.9 Å². The number of hydrogen-bond donors (Lipinski definition) is 1. The molecule has 3 rings (SSSR count). The van der Waals surface area contributed by atoms with E-state index in [2.05, 4.69) is 5.32 Å². The van der Waals surface area contributed by atoms with Crippen LogP contribution in [0.15, 0.2) is 39.9 Å². The Balaban J connectivity index is 1.46. The maximum absolute atomic E-state index is 13.5.